The maximum atomic E-state index is 13.8. The van der Waals surface area contributed by atoms with Gasteiger partial charge >= 0.3 is 5.97 Å². The van der Waals surface area contributed by atoms with E-state index in [2.05, 4.69) is 4.90 Å². The molecule has 1 aliphatic heterocycles. The zero-order chi connectivity index (χ0) is 26.2. The van der Waals surface area contributed by atoms with Gasteiger partial charge in [0.05, 0.1) is 26.2 Å². The predicted molar refractivity (Wildman–Crippen MR) is 136 cm³/mol. The molecule has 4 rings (SSSR count). The van der Waals surface area contributed by atoms with Crippen LogP contribution in [0.2, 0.25) is 0 Å². The average Bonchev–Trinajstić information content (AvgIpc) is 3.37. The Morgan fingerprint density at radius 3 is 2.54 bits per heavy atom. The van der Waals surface area contributed by atoms with Crippen LogP contribution in [-0.4, -0.2) is 48.5 Å². The minimum absolute atomic E-state index is 0.232. The van der Waals surface area contributed by atoms with Crippen molar-refractivity contribution in [3.8, 4) is 5.75 Å². The summed E-state index contributed by atoms with van der Waals surface area (Å²) >= 11 is 0. The number of benzene rings is 2. The van der Waals surface area contributed by atoms with Gasteiger partial charge in [0.15, 0.2) is 5.76 Å². The van der Waals surface area contributed by atoms with Crippen molar-refractivity contribution in [2.24, 2.45) is 5.92 Å². The molecule has 1 aliphatic rings. The Hall–Kier alpha value is -3.65. The number of furan rings is 1. The lowest BCUT2D eigenvalue weighted by atomic mass is 9.98. The number of esters is 1. The summed E-state index contributed by atoms with van der Waals surface area (Å²) in [5.74, 6) is 0.546. The SMILES string of the molecule is CCOC(=O)C1CCCN(C(=O)c2ccc(CN(Cc3cccc(F)c3)Cc3cccc(OC)c3)o2)C1. The maximum Gasteiger partial charge on any atom is 0.310 e. The largest absolute Gasteiger partial charge is 0.497 e. The van der Waals surface area contributed by atoms with Crippen molar-refractivity contribution >= 4 is 11.9 Å². The monoisotopic (exact) mass is 508 g/mol. The molecule has 1 saturated heterocycles. The van der Waals surface area contributed by atoms with E-state index in [-0.39, 0.29) is 29.4 Å². The molecule has 0 aliphatic carbocycles. The normalized spacial score (nSPS) is 15.6. The van der Waals surface area contributed by atoms with Crippen LogP contribution in [0.15, 0.2) is 65.1 Å². The lowest BCUT2D eigenvalue weighted by Crippen LogP contribution is -2.42. The van der Waals surface area contributed by atoms with Crippen molar-refractivity contribution in [1.82, 2.24) is 9.80 Å². The molecule has 1 atom stereocenters. The standard InChI is InChI=1S/C29H33FN2O5/c1-3-36-29(34)23-9-6-14-32(19-23)28(33)27-13-12-26(37-27)20-31(17-21-7-4-10-24(30)15-21)18-22-8-5-11-25(16-22)35-2/h4-5,7-8,10-13,15-16,23H,3,6,9,14,17-20H2,1-2H3. The van der Waals surface area contributed by atoms with Gasteiger partial charge in [0, 0.05) is 26.2 Å². The van der Waals surface area contributed by atoms with Crippen LogP contribution in [0.3, 0.4) is 0 Å². The van der Waals surface area contributed by atoms with Crippen LogP contribution >= 0.6 is 0 Å². The van der Waals surface area contributed by atoms with Crippen LogP contribution in [0.4, 0.5) is 4.39 Å². The number of halogens is 1. The molecule has 37 heavy (non-hydrogen) atoms. The Morgan fingerprint density at radius 2 is 1.81 bits per heavy atom. The predicted octanol–water partition coefficient (Wildman–Crippen LogP) is 5.05. The van der Waals surface area contributed by atoms with Crippen LogP contribution in [0.1, 0.15) is 47.2 Å². The van der Waals surface area contributed by atoms with Gasteiger partial charge in [-0.3, -0.25) is 14.5 Å². The number of hydrogen-bond donors (Lipinski definition) is 0. The molecule has 0 radical (unpaired) electrons. The number of hydrogen-bond acceptors (Lipinski definition) is 6. The average molecular weight is 509 g/mol. The molecular weight excluding hydrogens is 475 g/mol. The summed E-state index contributed by atoms with van der Waals surface area (Å²) in [6, 6.07) is 17.8. The molecule has 0 spiro atoms. The number of amides is 1. The quantitative estimate of drug-likeness (QED) is 0.357. The van der Waals surface area contributed by atoms with Crippen LogP contribution in [0.25, 0.3) is 0 Å². The molecule has 196 valence electrons. The smallest absolute Gasteiger partial charge is 0.310 e. The van der Waals surface area contributed by atoms with Gasteiger partial charge in [-0.15, -0.1) is 0 Å². The van der Waals surface area contributed by atoms with Gasteiger partial charge in [-0.25, -0.2) is 4.39 Å². The fourth-order valence-electron chi connectivity index (χ4n) is 4.66. The number of ether oxygens (including phenoxy) is 2. The van der Waals surface area contributed by atoms with E-state index in [4.69, 9.17) is 13.9 Å². The Kier molecular flexibility index (Phi) is 8.95. The minimum atomic E-state index is -0.309. The van der Waals surface area contributed by atoms with E-state index < -0.39 is 0 Å². The molecule has 1 unspecified atom stereocenters. The zero-order valence-corrected chi connectivity index (χ0v) is 21.3. The molecule has 2 aromatic carbocycles. The number of methoxy groups -OCH3 is 1. The van der Waals surface area contributed by atoms with Crippen LogP contribution in [0.5, 0.6) is 5.75 Å². The number of likely N-dealkylation sites (tertiary alicyclic amines) is 1. The number of rotatable bonds is 10. The summed E-state index contributed by atoms with van der Waals surface area (Å²) in [4.78, 5) is 29.1. The first-order valence-electron chi connectivity index (χ1n) is 12.6. The third kappa shape index (κ3) is 7.20. The van der Waals surface area contributed by atoms with E-state index in [9.17, 15) is 14.0 Å². The van der Waals surface area contributed by atoms with Crippen molar-refractivity contribution in [2.75, 3.05) is 26.8 Å². The highest BCUT2D eigenvalue weighted by molar-refractivity contribution is 5.92. The van der Waals surface area contributed by atoms with Gasteiger partial charge in [0.25, 0.3) is 5.91 Å². The maximum absolute atomic E-state index is 13.8. The van der Waals surface area contributed by atoms with E-state index in [0.29, 0.717) is 51.5 Å². The lowest BCUT2D eigenvalue weighted by molar-refractivity contribution is -0.149. The summed E-state index contributed by atoms with van der Waals surface area (Å²) in [6.07, 6.45) is 1.45. The Bertz CT molecular complexity index is 1210. The Labute approximate surface area is 216 Å². The third-order valence-corrected chi connectivity index (χ3v) is 6.42. The molecule has 0 bridgehead atoms. The fraction of sp³-hybridized carbons (Fsp3) is 0.379. The first-order chi connectivity index (χ1) is 17.9. The van der Waals surface area contributed by atoms with Gasteiger partial charge < -0.3 is 18.8 Å². The highest BCUT2D eigenvalue weighted by Crippen LogP contribution is 2.23. The fourth-order valence-corrected chi connectivity index (χ4v) is 4.66. The first-order valence-corrected chi connectivity index (χ1v) is 12.6. The molecular formula is C29H33FN2O5. The molecule has 2 heterocycles. The van der Waals surface area contributed by atoms with Gasteiger partial charge in [-0.05, 0) is 67.3 Å². The summed E-state index contributed by atoms with van der Waals surface area (Å²) < 4.78 is 30.3. The summed E-state index contributed by atoms with van der Waals surface area (Å²) in [5.41, 5.74) is 1.88. The number of carbonyl (C=O) groups is 2. The highest BCUT2D eigenvalue weighted by Gasteiger charge is 2.31. The molecule has 1 aromatic heterocycles. The topological polar surface area (TPSA) is 72.2 Å². The van der Waals surface area contributed by atoms with Crippen LogP contribution in [0, 0.1) is 11.7 Å². The second kappa shape index (κ2) is 12.5. The van der Waals surface area contributed by atoms with E-state index in [1.165, 1.54) is 12.1 Å². The second-order valence-corrected chi connectivity index (χ2v) is 9.23. The third-order valence-electron chi connectivity index (χ3n) is 6.42. The van der Waals surface area contributed by atoms with Gasteiger partial charge in [-0.1, -0.05) is 24.3 Å². The summed E-state index contributed by atoms with van der Waals surface area (Å²) in [6.45, 7) is 4.50. The molecule has 0 saturated carbocycles. The summed E-state index contributed by atoms with van der Waals surface area (Å²) in [7, 11) is 1.63. The number of carbonyl (C=O) groups excluding carboxylic acids is 2. The first kappa shape index (κ1) is 26.4. The molecule has 0 N–H and O–H groups in total. The Morgan fingerprint density at radius 1 is 1.05 bits per heavy atom. The molecule has 8 heteroatoms. The van der Waals surface area contributed by atoms with Crippen molar-refractivity contribution in [3.05, 3.63) is 89.1 Å². The molecule has 3 aromatic rings. The molecule has 1 fully saturated rings. The van der Waals surface area contributed by atoms with Crippen molar-refractivity contribution in [2.45, 2.75) is 39.4 Å². The lowest BCUT2D eigenvalue weighted by Gasteiger charge is -2.30. The van der Waals surface area contributed by atoms with E-state index >= 15 is 0 Å². The van der Waals surface area contributed by atoms with Crippen molar-refractivity contribution in [1.29, 1.82) is 0 Å². The van der Waals surface area contributed by atoms with Crippen LogP contribution < -0.4 is 4.74 Å². The van der Waals surface area contributed by atoms with Crippen molar-refractivity contribution < 1.29 is 27.9 Å². The van der Waals surface area contributed by atoms with E-state index in [1.54, 1.807) is 37.1 Å². The zero-order valence-electron chi connectivity index (χ0n) is 21.3. The van der Waals surface area contributed by atoms with Crippen molar-refractivity contribution in [3.63, 3.8) is 0 Å². The number of piperidine rings is 1. The van der Waals surface area contributed by atoms with E-state index in [0.717, 1.165) is 23.3 Å². The van der Waals surface area contributed by atoms with Gasteiger partial charge in [0.2, 0.25) is 0 Å². The highest BCUT2D eigenvalue weighted by atomic mass is 19.1. The van der Waals surface area contributed by atoms with Gasteiger partial charge in [-0.2, -0.15) is 0 Å². The minimum Gasteiger partial charge on any atom is -0.497 e. The molecule has 1 amide bonds. The van der Waals surface area contributed by atoms with Crippen LogP contribution in [-0.2, 0) is 29.2 Å². The van der Waals surface area contributed by atoms with E-state index in [1.807, 2.05) is 30.3 Å². The summed E-state index contributed by atoms with van der Waals surface area (Å²) in [5, 5.41) is 0. The number of nitrogens with zero attached hydrogens (tertiary/aromatic N) is 2. The van der Waals surface area contributed by atoms with Gasteiger partial charge in [0.1, 0.15) is 17.3 Å². The Balaban J connectivity index is 1.47. The second-order valence-electron chi connectivity index (χ2n) is 9.23. The molecule has 7 nitrogen and oxygen atoms in total.